The molecule has 2 heterocycles. The molecule has 1 aromatic carbocycles. The maximum absolute atomic E-state index is 12.9. The van der Waals surface area contributed by atoms with E-state index in [1.807, 2.05) is 12.1 Å². The van der Waals surface area contributed by atoms with Crippen molar-refractivity contribution >= 4 is 29.2 Å². The highest BCUT2D eigenvalue weighted by molar-refractivity contribution is 6.31. The van der Waals surface area contributed by atoms with Crippen LogP contribution in [0.5, 0.6) is 0 Å². The number of anilines is 2. The van der Waals surface area contributed by atoms with E-state index in [0.29, 0.717) is 22.8 Å². The van der Waals surface area contributed by atoms with Crippen LogP contribution >= 0.6 is 11.6 Å². The number of benzene rings is 1. The van der Waals surface area contributed by atoms with Crippen molar-refractivity contribution in [3.8, 4) is 0 Å². The van der Waals surface area contributed by atoms with Gasteiger partial charge in [0.25, 0.3) is 0 Å². The van der Waals surface area contributed by atoms with Crippen molar-refractivity contribution in [2.45, 2.75) is 58.7 Å². The van der Waals surface area contributed by atoms with Gasteiger partial charge in [-0.3, -0.25) is 9.69 Å². The highest BCUT2D eigenvalue weighted by Gasteiger charge is 2.33. The van der Waals surface area contributed by atoms with E-state index in [-0.39, 0.29) is 18.6 Å². The zero-order valence-electron chi connectivity index (χ0n) is 19.1. The maximum Gasteiger partial charge on any atom is 0.320 e. The molecule has 0 unspecified atom stereocenters. The molecule has 1 aliphatic heterocycles. The van der Waals surface area contributed by atoms with Gasteiger partial charge < -0.3 is 19.4 Å². The predicted octanol–water partition coefficient (Wildman–Crippen LogP) is 4.14. The first-order valence-corrected chi connectivity index (χ1v) is 11.7. The molecule has 0 spiro atoms. The lowest BCUT2D eigenvalue weighted by Gasteiger charge is -2.41. The van der Waals surface area contributed by atoms with Crippen LogP contribution in [0.25, 0.3) is 0 Å². The van der Waals surface area contributed by atoms with Gasteiger partial charge in [0.1, 0.15) is 6.61 Å². The number of amides is 1. The van der Waals surface area contributed by atoms with Crippen molar-refractivity contribution in [1.82, 2.24) is 20.0 Å². The molecule has 1 N–H and O–H groups in total. The standard InChI is InChI=1S/C23H32ClN5O3/c1-15-12-28(8-9-29(15)22(30)17-6-4-5-7-17)13-18-10-19(24)11-20(16(18)2)25-23-27-26-21(32-23)14-31-3/h10-11,15,17H,4-9,12-14H2,1-3H3,(H,25,27)/t15-/m0/s1. The number of hydrogen-bond acceptors (Lipinski definition) is 7. The normalized spacial score (nSPS) is 20.1. The molecule has 1 amide bonds. The fourth-order valence-electron chi connectivity index (χ4n) is 4.78. The van der Waals surface area contributed by atoms with Gasteiger partial charge in [-0.2, -0.15) is 0 Å². The number of methoxy groups -OCH3 is 1. The van der Waals surface area contributed by atoms with E-state index < -0.39 is 0 Å². The first kappa shape index (κ1) is 23.0. The summed E-state index contributed by atoms with van der Waals surface area (Å²) in [5.74, 6) is 1.00. The zero-order chi connectivity index (χ0) is 22.7. The number of aromatic nitrogens is 2. The molecule has 1 aliphatic carbocycles. The highest BCUT2D eigenvalue weighted by atomic mass is 35.5. The summed E-state index contributed by atoms with van der Waals surface area (Å²) in [4.78, 5) is 17.4. The lowest BCUT2D eigenvalue weighted by atomic mass is 10.0. The molecule has 2 aromatic rings. The molecule has 4 rings (SSSR count). The molecule has 0 bridgehead atoms. The summed E-state index contributed by atoms with van der Waals surface area (Å²) in [5, 5.41) is 11.8. The molecule has 32 heavy (non-hydrogen) atoms. The second kappa shape index (κ2) is 10.2. The smallest absolute Gasteiger partial charge is 0.320 e. The number of carbonyl (C=O) groups excluding carboxylic acids is 1. The predicted molar refractivity (Wildman–Crippen MR) is 123 cm³/mol. The maximum atomic E-state index is 12.9. The van der Waals surface area contributed by atoms with Crippen LogP contribution in [0, 0.1) is 12.8 Å². The van der Waals surface area contributed by atoms with Gasteiger partial charge in [0.05, 0.1) is 0 Å². The third-order valence-electron chi connectivity index (χ3n) is 6.55. The van der Waals surface area contributed by atoms with Gasteiger partial charge in [-0.1, -0.05) is 29.5 Å². The van der Waals surface area contributed by atoms with Crippen molar-refractivity contribution in [1.29, 1.82) is 0 Å². The molecule has 1 saturated heterocycles. The van der Waals surface area contributed by atoms with Crippen molar-refractivity contribution < 1.29 is 13.9 Å². The van der Waals surface area contributed by atoms with E-state index >= 15 is 0 Å². The number of ether oxygens (including phenoxy) is 1. The molecule has 174 valence electrons. The number of halogens is 1. The van der Waals surface area contributed by atoms with Crippen LogP contribution in [0.2, 0.25) is 5.02 Å². The van der Waals surface area contributed by atoms with Crippen LogP contribution in [0.15, 0.2) is 16.5 Å². The average Bonchev–Trinajstić information content (AvgIpc) is 3.44. The van der Waals surface area contributed by atoms with Crippen molar-refractivity contribution in [2.75, 3.05) is 32.1 Å². The quantitative estimate of drug-likeness (QED) is 0.663. The molecule has 0 radical (unpaired) electrons. The van der Waals surface area contributed by atoms with E-state index in [1.54, 1.807) is 7.11 Å². The first-order chi connectivity index (χ1) is 15.4. The van der Waals surface area contributed by atoms with Gasteiger partial charge in [0.15, 0.2) is 0 Å². The van der Waals surface area contributed by atoms with Crippen LogP contribution < -0.4 is 5.32 Å². The molecule has 9 heteroatoms. The van der Waals surface area contributed by atoms with E-state index in [0.717, 1.165) is 55.8 Å². The minimum atomic E-state index is 0.214. The van der Waals surface area contributed by atoms with Gasteiger partial charge in [-0.05, 0) is 49.9 Å². The van der Waals surface area contributed by atoms with Gasteiger partial charge in [0, 0.05) is 56.0 Å². The van der Waals surface area contributed by atoms with Crippen molar-refractivity contribution in [3.63, 3.8) is 0 Å². The Kier molecular flexibility index (Phi) is 7.33. The fourth-order valence-corrected chi connectivity index (χ4v) is 5.02. The summed E-state index contributed by atoms with van der Waals surface area (Å²) >= 11 is 6.43. The van der Waals surface area contributed by atoms with Crippen LogP contribution in [0.4, 0.5) is 11.7 Å². The Balaban J connectivity index is 1.41. The number of rotatable bonds is 7. The van der Waals surface area contributed by atoms with Gasteiger partial charge in [-0.25, -0.2) is 0 Å². The van der Waals surface area contributed by atoms with Gasteiger partial charge in [0.2, 0.25) is 11.8 Å². The third-order valence-corrected chi connectivity index (χ3v) is 6.77. The molecule has 1 aromatic heterocycles. The largest absolute Gasteiger partial charge is 0.405 e. The molecular formula is C23H32ClN5O3. The molecule has 2 fully saturated rings. The Hall–Kier alpha value is -2.16. The highest BCUT2D eigenvalue weighted by Crippen LogP contribution is 2.30. The summed E-state index contributed by atoms with van der Waals surface area (Å²) < 4.78 is 10.6. The molecule has 8 nitrogen and oxygen atoms in total. The second-order valence-corrected chi connectivity index (χ2v) is 9.33. The number of hydrogen-bond donors (Lipinski definition) is 1. The molecule has 1 saturated carbocycles. The summed E-state index contributed by atoms with van der Waals surface area (Å²) in [6.45, 7) is 7.76. The number of nitrogens with one attached hydrogen (secondary N) is 1. The Labute approximate surface area is 194 Å². The van der Waals surface area contributed by atoms with Crippen molar-refractivity contribution in [3.05, 3.63) is 34.2 Å². The van der Waals surface area contributed by atoms with Crippen LogP contribution in [-0.2, 0) is 22.7 Å². The summed E-state index contributed by atoms with van der Waals surface area (Å²) in [6.07, 6.45) is 4.48. The van der Waals surface area contributed by atoms with E-state index in [1.165, 1.54) is 12.8 Å². The minimum absolute atomic E-state index is 0.214. The van der Waals surface area contributed by atoms with Crippen LogP contribution in [0.3, 0.4) is 0 Å². The lowest BCUT2D eigenvalue weighted by molar-refractivity contribution is -0.140. The summed E-state index contributed by atoms with van der Waals surface area (Å²) in [7, 11) is 1.58. The van der Waals surface area contributed by atoms with Gasteiger partial charge >= 0.3 is 6.01 Å². The monoisotopic (exact) mass is 461 g/mol. The Morgan fingerprint density at radius 3 is 2.78 bits per heavy atom. The van der Waals surface area contributed by atoms with E-state index in [4.69, 9.17) is 20.8 Å². The van der Waals surface area contributed by atoms with E-state index in [2.05, 4.69) is 39.2 Å². The summed E-state index contributed by atoms with van der Waals surface area (Å²) in [6, 6.07) is 4.39. The van der Waals surface area contributed by atoms with Crippen LogP contribution in [-0.4, -0.2) is 58.7 Å². The molecular weight excluding hydrogens is 430 g/mol. The van der Waals surface area contributed by atoms with Crippen LogP contribution in [0.1, 0.15) is 49.6 Å². The lowest BCUT2D eigenvalue weighted by Crippen LogP contribution is -2.54. The minimum Gasteiger partial charge on any atom is -0.405 e. The third kappa shape index (κ3) is 5.24. The number of piperazine rings is 1. The molecule has 2 aliphatic rings. The topological polar surface area (TPSA) is 83.7 Å². The van der Waals surface area contributed by atoms with Gasteiger partial charge in [-0.15, -0.1) is 5.10 Å². The van der Waals surface area contributed by atoms with E-state index in [9.17, 15) is 4.79 Å². The SMILES string of the molecule is COCc1nnc(Nc2cc(Cl)cc(CN3CCN(C(=O)C4CCCC4)[C@@H](C)C3)c2C)o1. The number of carbonyl (C=O) groups is 1. The second-order valence-electron chi connectivity index (χ2n) is 8.89. The number of nitrogens with zero attached hydrogens (tertiary/aromatic N) is 4. The average molecular weight is 462 g/mol. The summed E-state index contributed by atoms with van der Waals surface area (Å²) in [5.41, 5.74) is 3.06. The Morgan fingerprint density at radius 1 is 1.28 bits per heavy atom. The Bertz CT molecular complexity index is 944. The molecule has 1 atom stereocenters. The Morgan fingerprint density at radius 2 is 2.06 bits per heavy atom. The zero-order valence-corrected chi connectivity index (χ0v) is 19.8. The first-order valence-electron chi connectivity index (χ1n) is 11.3. The fraction of sp³-hybridized carbons (Fsp3) is 0.609. The van der Waals surface area contributed by atoms with Crippen molar-refractivity contribution in [2.24, 2.45) is 5.92 Å².